The molecule has 1 heterocycles. The van der Waals surface area contributed by atoms with Crippen LogP contribution in [0.1, 0.15) is 31.2 Å². The summed E-state index contributed by atoms with van der Waals surface area (Å²) >= 11 is 0. The molecule has 0 saturated carbocycles. The van der Waals surface area contributed by atoms with Gasteiger partial charge in [0.15, 0.2) is 0 Å². The number of aromatic nitrogens is 1. The molecule has 4 N–H and O–H groups in total. The maximum atomic E-state index is 6.04. The van der Waals surface area contributed by atoms with E-state index in [4.69, 9.17) is 16.2 Å². The van der Waals surface area contributed by atoms with Gasteiger partial charge in [0.2, 0.25) is 0 Å². The van der Waals surface area contributed by atoms with E-state index in [9.17, 15) is 0 Å². The second kappa shape index (κ2) is 5.89. The van der Waals surface area contributed by atoms with E-state index in [1.807, 2.05) is 12.1 Å². The van der Waals surface area contributed by atoms with E-state index in [1.54, 1.807) is 13.3 Å². The molecule has 0 saturated heterocycles. The number of benzene rings is 1. The molecule has 1 unspecified atom stereocenters. The summed E-state index contributed by atoms with van der Waals surface area (Å²) in [6.45, 7) is 2.90. The fourth-order valence-electron chi connectivity index (χ4n) is 2.52. The maximum Gasteiger partial charge on any atom is 0.125 e. The fraction of sp³-hybridized carbons (Fsp3) is 0.400. The first-order chi connectivity index (χ1) is 9.19. The first-order valence-corrected chi connectivity index (χ1v) is 6.60. The molecule has 0 aliphatic rings. The normalized spacial score (nSPS) is 12.6. The summed E-state index contributed by atoms with van der Waals surface area (Å²) in [7, 11) is 1.68. The van der Waals surface area contributed by atoms with Crippen LogP contribution in [0.15, 0.2) is 24.4 Å². The van der Waals surface area contributed by atoms with Gasteiger partial charge in [0.05, 0.1) is 18.3 Å². The highest BCUT2D eigenvalue weighted by molar-refractivity contribution is 5.94. The van der Waals surface area contributed by atoms with Crippen molar-refractivity contribution >= 4 is 16.6 Å². The average molecular weight is 259 g/mol. The van der Waals surface area contributed by atoms with Crippen LogP contribution in [-0.2, 0) is 0 Å². The SMILES string of the molecule is COc1cc(N)c2ncccc2c1C(C)CCCN. The van der Waals surface area contributed by atoms with Crippen LogP contribution in [0.4, 0.5) is 5.69 Å². The number of ether oxygens (including phenoxy) is 1. The van der Waals surface area contributed by atoms with Gasteiger partial charge in [-0.25, -0.2) is 0 Å². The summed E-state index contributed by atoms with van der Waals surface area (Å²) in [4.78, 5) is 4.37. The number of hydrogen-bond donors (Lipinski definition) is 2. The number of hydrogen-bond acceptors (Lipinski definition) is 4. The summed E-state index contributed by atoms with van der Waals surface area (Å²) in [6, 6.07) is 5.85. The summed E-state index contributed by atoms with van der Waals surface area (Å²) < 4.78 is 5.50. The highest BCUT2D eigenvalue weighted by Gasteiger charge is 2.17. The Morgan fingerprint density at radius 2 is 2.21 bits per heavy atom. The van der Waals surface area contributed by atoms with Crippen molar-refractivity contribution in [3.63, 3.8) is 0 Å². The van der Waals surface area contributed by atoms with Gasteiger partial charge in [0.1, 0.15) is 5.75 Å². The molecule has 0 fully saturated rings. The fourth-order valence-corrected chi connectivity index (χ4v) is 2.52. The Kier molecular flexibility index (Phi) is 4.22. The quantitative estimate of drug-likeness (QED) is 0.809. The largest absolute Gasteiger partial charge is 0.496 e. The zero-order valence-corrected chi connectivity index (χ0v) is 11.5. The molecule has 2 rings (SSSR count). The second-order valence-corrected chi connectivity index (χ2v) is 4.81. The molecule has 0 aliphatic heterocycles. The molecular formula is C15H21N3O. The Bertz CT molecular complexity index is 569. The first-order valence-electron chi connectivity index (χ1n) is 6.60. The molecule has 0 radical (unpaired) electrons. The van der Waals surface area contributed by atoms with Crippen molar-refractivity contribution in [3.8, 4) is 5.75 Å². The van der Waals surface area contributed by atoms with Gasteiger partial charge in [-0.2, -0.15) is 0 Å². The lowest BCUT2D eigenvalue weighted by Crippen LogP contribution is -2.05. The van der Waals surface area contributed by atoms with Crippen LogP contribution in [0, 0.1) is 0 Å². The van der Waals surface area contributed by atoms with Crippen molar-refractivity contribution in [2.45, 2.75) is 25.7 Å². The van der Waals surface area contributed by atoms with Crippen LogP contribution in [0.3, 0.4) is 0 Å². The maximum absolute atomic E-state index is 6.04. The zero-order valence-electron chi connectivity index (χ0n) is 11.5. The van der Waals surface area contributed by atoms with Crippen molar-refractivity contribution in [2.24, 2.45) is 5.73 Å². The van der Waals surface area contributed by atoms with E-state index in [1.165, 1.54) is 5.56 Å². The standard InChI is InChI=1S/C15H21N3O/c1-10(5-3-7-16)14-11-6-4-8-18-15(11)12(17)9-13(14)19-2/h4,6,8-10H,3,5,7,16-17H2,1-2H3. The monoisotopic (exact) mass is 259 g/mol. The molecule has 19 heavy (non-hydrogen) atoms. The molecule has 1 atom stereocenters. The van der Waals surface area contributed by atoms with Gasteiger partial charge in [-0.15, -0.1) is 0 Å². The Morgan fingerprint density at radius 3 is 2.89 bits per heavy atom. The van der Waals surface area contributed by atoms with E-state index in [-0.39, 0.29) is 0 Å². The van der Waals surface area contributed by atoms with E-state index in [2.05, 4.69) is 18.0 Å². The molecule has 0 bridgehead atoms. The van der Waals surface area contributed by atoms with Crippen molar-refractivity contribution in [2.75, 3.05) is 19.4 Å². The number of methoxy groups -OCH3 is 1. The highest BCUT2D eigenvalue weighted by atomic mass is 16.5. The average Bonchev–Trinajstić information content (AvgIpc) is 2.44. The predicted molar refractivity (Wildman–Crippen MR) is 79.4 cm³/mol. The Labute approximate surface area is 113 Å². The van der Waals surface area contributed by atoms with Crippen molar-refractivity contribution in [1.29, 1.82) is 0 Å². The first kappa shape index (κ1) is 13.6. The number of rotatable bonds is 5. The van der Waals surface area contributed by atoms with Gasteiger partial charge < -0.3 is 16.2 Å². The van der Waals surface area contributed by atoms with Gasteiger partial charge in [-0.1, -0.05) is 13.0 Å². The molecule has 102 valence electrons. The van der Waals surface area contributed by atoms with E-state index >= 15 is 0 Å². The summed E-state index contributed by atoms with van der Waals surface area (Å²) in [5, 5.41) is 1.07. The number of pyridine rings is 1. The van der Waals surface area contributed by atoms with Crippen molar-refractivity contribution < 1.29 is 4.74 Å². The van der Waals surface area contributed by atoms with Crippen molar-refractivity contribution in [1.82, 2.24) is 4.98 Å². The molecule has 2 aromatic rings. The number of fused-ring (bicyclic) bond motifs is 1. The third-order valence-corrected chi connectivity index (χ3v) is 3.48. The Hall–Kier alpha value is -1.81. The van der Waals surface area contributed by atoms with E-state index < -0.39 is 0 Å². The lowest BCUT2D eigenvalue weighted by atomic mass is 9.91. The molecule has 0 aliphatic carbocycles. The second-order valence-electron chi connectivity index (χ2n) is 4.81. The third-order valence-electron chi connectivity index (χ3n) is 3.48. The zero-order chi connectivity index (χ0) is 13.8. The molecular weight excluding hydrogens is 238 g/mol. The minimum absolute atomic E-state index is 0.366. The minimum Gasteiger partial charge on any atom is -0.496 e. The van der Waals surface area contributed by atoms with Gasteiger partial charge in [-0.05, 0) is 31.4 Å². The highest BCUT2D eigenvalue weighted by Crippen LogP contribution is 2.38. The van der Waals surface area contributed by atoms with Gasteiger partial charge >= 0.3 is 0 Å². The van der Waals surface area contributed by atoms with Crippen LogP contribution in [-0.4, -0.2) is 18.6 Å². The number of nitrogens with zero attached hydrogens (tertiary/aromatic N) is 1. The van der Waals surface area contributed by atoms with E-state index in [0.717, 1.165) is 29.5 Å². The lowest BCUT2D eigenvalue weighted by molar-refractivity contribution is 0.406. The van der Waals surface area contributed by atoms with Crippen molar-refractivity contribution in [3.05, 3.63) is 30.0 Å². The van der Waals surface area contributed by atoms with Crippen LogP contribution in [0.2, 0.25) is 0 Å². The van der Waals surface area contributed by atoms with Gasteiger partial charge in [0.25, 0.3) is 0 Å². The topological polar surface area (TPSA) is 74.2 Å². The molecule has 4 nitrogen and oxygen atoms in total. The summed E-state index contributed by atoms with van der Waals surface area (Å²) in [5.74, 6) is 1.20. The number of anilines is 1. The molecule has 0 amide bonds. The van der Waals surface area contributed by atoms with Gasteiger partial charge in [-0.3, -0.25) is 4.98 Å². The summed E-state index contributed by atoms with van der Waals surface area (Å²) in [5.41, 5.74) is 14.3. The molecule has 1 aromatic heterocycles. The predicted octanol–water partition coefficient (Wildman–Crippen LogP) is 2.67. The number of nitrogens with two attached hydrogens (primary N) is 2. The van der Waals surface area contributed by atoms with Gasteiger partial charge in [0, 0.05) is 23.2 Å². The lowest BCUT2D eigenvalue weighted by Gasteiger charge is -2.19. The van der Waals surface area contributed by atoms with Crippen LogP contribution in [0.5, 0.6) is 5.75 Å². The Morgan fingerprint density at radius 1 is 1.42 bits per heavy atom. The van der Waals surface area contributed by atoms with Crippen LogP contribution < -0.4 is 16.2 Å². The number of nitrogen functional groups attached to an aromatic ring is 1. The molecule has 4 heteroatoms. The molecule has 1 aromatic carbocycles. The minimum atomic E-state index is 0.366. The third kappa shape index (κ3) is 2.63. The smallest absolute Gasteiger partial charge is 0.125 e. The van der Waals surface area contributed by atoms with Crippen LogP contribution in [0.25, 0.3) is 10.9 Å². The van der Waals surface area contributed by atoms with Crippen LogP contribution >= 0.6 is 0 Å². The summed E-state index contributed by atoms with van der Waals surface area (Å²) in [6.07, 6.45) is 3.79. The Balaban J connectivity index is 2.59. The molecule has 0 spiro atoms. The van der Waals surface area contributed by atoms with E-state index in [0.29, 0.717) is 18.2 Å².